The van der Waals surface area contributed by atoms with E-state index in [1.165, 1.54) is 6.20 Å². The predicted octanol–water partition coefficient (Wildman–Crippen LogP) is 4.80. The number of aromatic amines is 1. The molecule has 0 aliphatic carbocycles. The molecule has 0 spiro atoms. The van der Waals surface area contributed by atoms with Crippen molar-refractivity contribution in [2.45, 2.75) is 0 Å². The van der Waals surface area contributed by atoms with Gasteiger partial charge < -0.3 is 4.98 Å². The Hall–Kier alpha value is -2.82. The molecule has 5 heteroatoms. The number of benzene rings is 2. The number of aromatic nitrogens is 2. The van der Waals surface area contributed by atoms with Crippen molar-refractivity contribution in [2.75, 3.05) is 0 Å². The predicted molar refractivity (Wildman–Crippen MR) is 78.9 cm³/mol. The Morgan fingerprint density at radius 3 is 2.68 bits per heavy atom. The van der Waals surface area contributed by atoms with Crippen molar-refractivity contribution >= 4 is 21.8 Å². The number of nitrogens with zero attached hydrogens (tertiary/aromatic N) is 1. The molecule has 2 nitrogen and oxygen atoms in total. The number of fused-ring (bicyclic) bond motifs is 2. The molecular formula is C17H9F3N2. The van der Waals surface area contributed by atoms with Gasteiger partial charge in [0.05, 0.1) is 11.0 Å². The molecule has 2 aromatic carbocycles. The topological polar surface area (TPSA) is 28.7 Å². The van der Waals surface area contributed by atoms with Gasteiger partial charge in [0.1, 0.15) is 0 Å². The van der Waals surface area contributed by atoms with Crippen LogP contribution in [0.25, 0.3) is 32.9 Å². The molecule has 108 valence electrons. The number of pyridine rings is 1. The van der Waals surface area contributed by atoms with Gasteiger partial charge in [0.2, 0.25) is 0 Å². The number of hydrogen-bond acceptors (Lipinski definition) is 1. The number of nitrogens with one attached hydrogen (secondary N) is 1. The summed E-state index contributed by atoms with van der Waals surface area (Å²) in [7, 11) is 0. The fourth-order valence-corrected chi connectivity index (χ4v) is 2.64. The van der Waals surface area contributed by atoms with Crippen LogP contribution in [0.3, 0.4) is 0 Å². The Morgan fingerprint density at radius 1 is 0.955 bits per heavy atom. The minimum absolute atomic E-state index is 0.0463. The second-order valence-corrected chi connectivity index (χ2v) is 5.02. The first-order chi connectivity index (χ1) is 10.6. The molecule has 0 saturated heterocycles. The van der Waals surface area contributed by atoms with Gasteiger partial charge in [-0.1, -0.05) is 18.2 Å². The van der Waals surface area contributed by atoms with Crippen LogP contribution in [0.1, 0.15) is 0 Å². The molecule has 2 heterocycles. The first-order valence-electron chi connectivity index (χ1n) is 6.65. The van der Waals surface area contributed by atoms with Crippen molar-refractivity contribution in [2.24, 2.45) is 0 Å². The van der Waals surface area contributed by atoms with Gasteiger partial charge >= 0.3 is 0 Å². The second kappa shape index (κ2) is 4.59. The molecule has 1 N–H and O–H groups in total. The van der Waals surface area contributed by atoms with E-state index in [-0.39, 0.29) is 5.52 Å². The van der Waals surface area contributed by atoms with Gasteiger partial charge in [0.15, 0.2) is 17.5 Å². The lowest BCUT2D eigenvalue weighted by atomic mass is 10.0. The van der Waals surface area contributed by atoms with Gasteiger partial charge in [-0.3, -0.25) is 4.98 Å². The summed E-state index contributed by atoms with van der Waals surface area (Å²) in [6.07, 6.45) is 3.22. The Bertz CT molecular complexity index is 1020. The first kappa shape index (κ1) is 12.9. The Balaban J connectivity index is 2.00. The molecule has 0 amide bonds. The number of H-pyrrole nitrogens is 1. The Kier molecular flexibility index (Phi) is 2.69. The minimum Gasteiger partial charge on any atom is -0.358 e. The standard InChI is InChI=1S/C17H9F3N2/c18-13-7-11-12(8-22-17(11)16(20)15(13)19)10-4-3-9-2-1-5-21-14(9)6-10/h1-8,22H. The van der Waals surface area contributed by atoms with Crippen molar-refractivity contribution < 1.29 is 13.2 Å². The zero-order valence-electron chi connectivity index (χ0n) is 11.2. The second-order valence-electron chi connectivity index (χ2n) is 5.02. The molecule has 0 radical (unpaired) electrons. The van der Waals surface area contributed by atoms with Crippen LogP contribution in [0.2, 0.25) is 0 Å². The fourth-order valence-electron chi connectivity index (χ4n) is 2.64. The molecule has 0 atom stereocenters. The summed E-state index contributed by atoms with van der Waals surface area (Å²) in [5.41, 5.74) is 2.08. The highest BCUT2D eigenvalue weighted by Gasteiger charge is 2.17. The SMILES string of the molecule is Fc1cc2c(-c3ccc4cccnc4c3)c[nH]c2c(F)c1F. The van der Waals surface area contributed by atoms with E-state index in [0.717, 1.165) is 22.5 Å². The summed E-state index contributed by atoms with van der Waals surface area (Å²) in [5, 5.41) is 1.26. The maximum absolute atomic E-state index is 13.8. The molecule has 4 aromatic rings. The van der Waals surface area contributed by atoms with E-state index in [0.29, 0.717) is 10.9 Å². The van der Waals surface area contributed by atoms with E-state index in [9.17, 15) is 13.2 Å². The van der Waals surface area contributed by atoms with Crippen molar-refractivity contribution in [3.63, 3.8) is 0 Å². The van der Waals surface area contributed by atoms with Crippen LogP contribution in [0, 0.1) is 17.5 Å². The lowest BCUT2D eigenvalue weighted by molar-refractivity contribution is 0.453. The van der Waals surface area contributed by atoms with Gasteiger partial charge in [-0.15, -0.1) is 0 Å². The van der Waals surface area contributed by atoms with Crippen LogP contribution in [0.5, 0.6) is 0 Å². The quantitative estimate of drug-likeness (QED) is 0.502. The zero-order valence-corrected chi connectivity index (χ0v) is 11.2. The highest BCUT2D eigenvalue weighted by molar-refractivity contribution is 5.97. The molecule has 0 aliphatic rings. The van der Waals surface area contributed by atoms with E-state index < -0.39 is 17.5 Å². The summed E-state index contributed by atoms with van der Waals surface area (Å²) >= 11 is 0. The summed E-state index contributed by atoms with van der Waals surface area (Å²) in [4.78, 5) is 6.93. The molecule has 4 rings (SSSR count). The van der Waals surface area contributed by atoms with Crippen LogP contribution < -0.4 is 0 Å². The van der Waals surface area contributed by atoms with Crippen LogP contribution in [-0.4, -0.2) is 9.97 Å². The maximum atomic E-state index is 13.8. The monoisotopic (exact) mass is 298 g/mol. The Morgan fingerprint density at radius 2 is 1.82 bits per heavy atom. The van der Waals surface area contributed by atoms with Crippen molar-refractivity contribution in [3.05, 3.63) is 66.2 Å². The summed E-state index contributed by atoms with van der Waals surface area (Å²) < 4.78 is 40.6. The molecule has 2 aromatic heterocycles. The third-order valence-electron chi connectivity index (χ3n) is 3.73. The highest BCUT2D eigenvalue weighted by Crippen LogP contribution is 2.33. The molecule has 0 bridgehead atoms. The van der Waals surface area contributed by atoms with Gasteiger partial charge in [-0.25, -0.2) is 13.2 Å². The summed E-state index contributed by atoms with van der Waals surface area (Å²) in [6.45, 7) is 0. The van der Waals surface area contributed by atoms with Crippen molar-refractivity contribution in [1.29, 1.82) is 0 Å². The number of hydrogen-bond donors (Lipinski definition) is 1. The third-order valence-corrected chi connectivity index (χ3v) is 3.73. The normalized spacial score (nSPS) is 11.4. The van der Waals surface area contributed by atoms with E-state index >= 15 is 0 Å². The molecule has 22 heavy (non-hydrogen) atoms. The lowest BCUT2D eigenvalue weighted by Crippen LogP contribution is -1.91. The van der Waals surface area contributed by atoms with Crippen LogP contribution in [-0.2, 0) is 0 Å². The summed E-state index contributed by atoms with van der Waals surface area (Å²) in [5.74, 6) is -3.88. The molecule has 0 fully saturated rings. The average Bonchev–Trinajstić information content (AvgIpc) is 2.96. The Labute approximate surface area is 123 Å². The molecule has 0 aliphatic heterocycles. The van der Waals surface area contributed by atoms with Gasteiger partial charge in [0.25, 0.3) is 0 Å². The first-order valence-corrected chi connectivity index (χ1v) is 6.65. The van der Waals surface area contributed by atoms with E-state index in [1.807, 2.05) is 30.3 Å². The van der Waals surface area contributed by atoms with E-state index in [2.05, 4.69) is 9.97 Å². The summed E-state index contributed by atoms with van der Waals surface area (Å²) in [6, 6.07) is 10.3. The maximum Gasteiger partial charge on any atom is 0.196 e. The van der Waals surface area contributed by atoms with Gasteiger partial charge in [-0.2, -0.15) is 0 Å². The van der Waals surface area contributed by atoms with Crippen LogP contribution in [0.4, 0.5) is 13.2 Å². The molecule has 0 saturated carbocycles. The largest absolute Gasteiger partial charge is 0.358 e. The minimum atomic E-state index is -1.47. The smallest absolute Gasteiger partial charge is 0.196 e. The van der Waals surface area contributed by atoms with Crippen molar-refractivity contribution in [3.8, 4) is 11.1 Å². The zero-order chi connectivity index (χ0) is 15.3. The molecule has 0 unspecified atom stereocenters. The molecular weight excluding hydrogens is 289 g/mol. The number of rotatable bonds is 1. The fraction of sp³-hybridized carbons (Fsp3) is 0. The average molecular weight is 298 g/mol. The van der Waals surface area contributed by atoms with Gasteiger partial charge in [-0.05, 0) is 23.8 Å². The van der Waals surface area contributed by atoms with E-state index in [4.69, 9.17) is 0 Å². The van der Waals surface area contributed by atoms with Crippen LogP contribution in [0.15, 0.2) is 48.8 Å². The lowest BCUT2D eigenvalue weighted by Gasteiger charge is -2.03. The van der Waals surface area contributed by atoms with E-state index in [1.54, 1.807) is 6.20 Å². The van der Waals surface area contributed by atoms with Crippen molar-refractivity contribution in [1.82, 2.24) is 9.97 Å². The van der Waals surface area contributed by atoms with Crippen LogP contribution >= 0.6 is 0 Å². The highest BCUT2D eigenvalue weighted by atomic mass is 19.2. The number of halogens is 3. The van der Waals surface area contributed by atoms with Gasteiger partial charge in [0, 0.05) is 28.7 Å². The third kappa shape index (κ3) is 1.79.